The average Bonchev–Trinajstić information content (AvgIpc) is 2.07. The lowest BCUT2D eigenvalue weighted by molar-refractivity contribution is -0.138. The summed E-state index contributed by atoms with van der Waals surface area (Å²) < 4.78 is 0. The van der Waals surface area contributed by atoms with Crippen molar-refractivity contribution in [3.8, 4) is 0 Å². The number of rotatable bonds is 5. The minimum atomic E-state index is -0.236. The molecular weight excluding hydrogens is 166 g/mol. The zero-order chi connectivity index (χ0) is 10.4. The van der Waals surface area contributed by atoms with Crippen LogP contribution in [0.3, 0.4) is 0 Å². The van der Waals surface area contributed by atoms with Gasteiger partial charge >= 0.3 is 0 Å². The van der Waals surface area contributed by atoms with Gasteiger partial charge in [0.15, 0.2) is 0 Å². The van der Waals surface area contributed by atoms with Crippen LogP contribution in [0.15, 0.2) is 0 Å². The fourth-order valence-electron chi connectivity index (χ4n) is 1.34. The van der Waals surface area contributed by atoms with Gasteiger partial charge in [0.25, 0.3) is 0 Å². The van der Waals surface area contributed by atoms with Crippen molar-refractivity contribution in [1.82, 2.24) is 4.90 Å². The molecule has 1 amide bonds. The first-order chi connectivity index (χ1) is 6.08. The highest BCUT2D eigenvalue weighted by Gasteiger charge is 2.24. The van der Waals surface area contributed by atoms with E-state index in [-0.39, 0.29) is 24.3 Å². The second-order valence-electron chi connectivity index (χ2n) is 3.54. The number of carbonyl (C=O) groups excluding carboxylic acids is 1. The topological polar surface area (TPSA) is 40.5 Å². The van der Waals surface area contributed by atoms with Crippen LogP contribution in [0.1, 0.15) is 27.7 Å². The molecule has 0 radical (unpaired) electrons. The molecule has 0 aromatic carbocycles. The van der Waals surface area contributed by atoms with Crippen molar-refractivity contribution < 1.29 is 9.90 Å². The number of aliphatic hydroxyl groups is 1. The standard InChI is InChI=1S/C10H21NO2/c1-5-11(6-2)10(13)9(7-12)8(3)4/h8-9,12H,5-7H2,1-4H3. The minimum Gasteiger partial charge on any atom is -0.396 e. The molecule has 1 N–H and O–H groups in total. The van der Waals surface area contributed by atoms with Crippen LogP contribution in [0.5, 0.6) is 0 Å². The summed E-state index contributed by atoms with van der Waals surface area (Å²) in [4.78, 5) is 13.5. The number of carbonyl (C=O) groups is 1. The van der Waals surface area contributed by atoms with Gasteiger partial charge in [-0.25, -0.2) is 0 Å². The Morgan fingerprint density at radius 1 is 1.31 bits per heavy atom. The van der Waals surface area contributed by atoms with Gasteiger partial charge in [-0.1, -0.05) is 13.8 Å². The predicted molar refractivity (Wildman–Crippen MR) is 53.3 cm³/mol. The molecule has 0 saturated heterocycles. The summed E-state index contributed by atoms with van der Waals surface area (Å²) in [5.41, 5.74) is 0. The van der Waals surface area contributed by atoms with Crippen LogP contribution in [0.4, 0.5) is 0 Å². The van der Waals surface area contributed by atoms with Gasteiger partial charge in [0.2, 0.25) is 5.91 Å². The third-order valence-corrected chi connectivity index (χ3v) is 2.39. The zero-order valence-electron chi connectivity index (χ0n) is 9.08. The molecule has 0 spiro atoms. The second-order valence-corrected chi connectivity index (χ2v) is 3.54. The van der Waals surface area contributed by atoms with Gasteiger partial charge in [0.05, 0.1) is 12.5 Å². The van der Waals surface area contributed by atoms with Crippen LogP contribution in [-0.2, 0) is 4.79 Å². The predicted octanol–water partition coefficient (Wildman–Crippen LogP) is 1.12. The second kappa shape index (κ2) is 5.97. The molecule has 0 aromatic heterocycles. The van der Waals surface area contributed by atoms with E-state index in [0.717, 1.165) is 13.1 Å². The highest BCUT2D eigenvalue weighted by atomic mass is 16.3. The molecule has 78 valence electrons. The van der Waals surface area contributed by atoms with E-state index in [1.807, 2.05) is 27.7 Å². The molecule has 0 bridgehead atoms. The van der Waals surface area contributed by atoms with Crippen molar-refractivity contribution in [3.05, 3.63) is 0 Å². The third kappa shape index (κ3) is 3.35. The van der Waals surface area contributed by atoms with Crippen LogP contribution < -0.4 is 0 Å². The molecule has 1 unspecified atom stereocenters. The summed E-state index contributed by atoms with van der Waals surface area (Å²) >= 11 is 0. The summed E-state index contributed by atoms with van der Waals surface area (Å²) in [7, 11) is 0. The monoisotopic (exact) mass is 187 g/mol. The van der Waals surface area contributed by atoms with Gasteiger partial charge in [-0.15, -0.1) is 0 Å². The third-order valence-electron chi connectivity index (χ3n) is 2.39. The maximum Gasteiger partial charge on any atom is 0.228 e. The maximum absolute atomic E-state index is 11.7. The highest BCUT2D eigenvalue weighted by Crippen LogP contribution is 2.13. The van der Waals surface area contributed by atoms with Crippen molar-refractivity contribution in [3.63, 3.8) is 0 Å². The first kappa shape index (κ1) is 12.4. The van der Waals surface area contributed by atoms with E-state index in [1.54, 1.807) is 4.90 Å². The van der Waals surface area contributed by atoms with E-state index in [0.29, 0.717) is 0 Å². The Bertz CT molecular complexity index is 153. The Hall–Kier alpha value is -0.570. The molecule has 3 nitrogen and oxygen atoms in total. The Morgan fingerprint density at radius 2 is 1.77 bits per heavy atom. The van der Waals surface area contributed by atoms with E-state index in [2.05, 4.69) is 0 Å². The van der Waals surface area contributed by atoms with Crippen LogP contribution in [-0.4, -0.2) is 35.6 Å². The van der Waals surface area contributed by atoms with E-state index >= 15 is 0 Å². The fourth-order valence-corrected chi connectivity index (χ4v) is 1.34. The number of hydrogen-bond acceptors (Lipinski definition) is 2. The molecule has 0 rings (SSSR count). The van der Waals surface area contributed by atoms with Crippen molar-refractivity contribution in [2.75, 3.05) is 19.7 Å². The van der Waals surface area contributed by atoms with Crippen LogP contribution in [0, 0.1) is 11.8 Å². The molecule has 0 fully saturated rings. The summed E-state index contributed by atoms with van der Waals surface area (Å²) in [6, 6.07) is 0. The average molecular weight is 187 g/mol. The Kier molecular flexibility index (Phi) is 5.71. The number of aliphatic hydroxyl groups excluding tert-OH is 1. The summed E-state index contributed by atoms with van der Waals surface area (Å²) in [5, 5.41) is 9.06. The maximum atomic E-state index is 11.7. The molecule has 0 saturated carbocycles. The quantitative estimate of drug-likeness (QED) is 0.700. The summed E-state index contributed by atoms with van der Waals surface area (Å²) in [6.45, 7) is 9.22. The van der Waals surface area contributed by atoms with E-state index < -0.39 is 0 Å². The molecule has 0 heterocycles. The van der Waals surface area contributed by atoms with Gasteiger partial charge < -0.3 is 10.0 Å². The number of hydrogen-bond donors (Lipinski definition) is 1. The smallest absolute Gasteiger partial charge is 0.228 e. The molecule has 3 heteroatoms. The van der Waals surface area contributed by atoms with Gasteiger partial charge in [-0.05, 0) is 19.8 Å². The van der Waals surface area contributed by atoms with Gasteiger partial charge in [0, 0.05) is 13.1 Å². The summed E-state index contributed by atoms with van der Waals surface area (Å²) in [6.07, 6.45) is 0. The largest absolute Gasteiger partial charge is 0.396 e. The first-order valence-electron chi connectivity index (χ1n) is 4.98. The molecule has 0 aromatic rings. The normalized spacial score (nSPS) is 13.1. The van der Waals surface area contributed by atoms with E-state index in [9.17, 15) is 4.79 Å². The first-order valence-corrected chi connectivity index (χ1v) is 4.98. The Balaban J connectivity index is 4.34. The minimum absolute atomic E-state index is 0.0486. The highest BCUT2D eigenvalue weighted by molar-refractivity contribution is 5.79. The molecule has 0 aliphatic heterocycles. The van der Waals surface area contributed by atoms with Crippen molar-refractivity contribution >= 4 is 5.91 Å². The van der Waals surface area contributed by atoms with Gasteiger partial charge in [-0.3, -0.25) is 4.79 Å². The van der Waals surface area contributed by atoms with Crippen molar-refractivity contribution in [1.29, 1.82) is 0 Å². The molecule has 13 heavy (non-hydrogen) atoms. The van der Waals surface area contributed by atoms with Crippen LogP contribution in [0.2, 0.25) is 0 Å². The molecule has 0 aliphatic carbocycles. The molecular formula is C10H21NO2. The Morgan fingerprint density at radius 3 is 2.00 bits per heavy atom. The molecule has 1 atom stereocenters. The zero-order valence-corrected chi connectivity index (χ0v) is 9.08. The summed E-state index contributed by atoms with van der Waals surface area (Å²) in [5.74, 6) is 0.0421. The van der Waals surface area contributed by atoms with Crippen molar-refractivity contribution in [2.45, 2.75) is 27.7 Å². The Labute approximate surface area is 80.7 Å². The molecule has 0 aliphatic rings. The lowest BCUT2D eigenvalue weighted by atomic mass is 9.95. The number of amides is 1. The number of nitrogens with zero attached hydrogens (tertiary/aromatic N) is 1. The van der Waals surface area contributed by atoms with Crippen molar-refractivity contribution in [2.24, 2.45) is 11.8 Å². The SMILES string of the molecule is CCN(CC)C(=O)C(CO)C(C)C. The van der Waals surface area contributed by atoms with Crippen LogP contribution in [0.25, 0.3) is 0 Å². The van der Waals surface area contributed by atoms with E-state index in [4.69, 9.17) is 5.11 Å². The van der Waals surface area contributed by atoms with Crippen LogP contribution >= 0.6 is 0 Å². The lowest BCUT2D eigenvalue weighted by Crippen LogP contribution is -2.39. The lowest BCUT2D eigenvalue weighted by Gasteiger charge is -2.26. The fraction of sp³-hybridized carbons (Fsp3) is 0.900. The van der Waals surface area contributed by atoms with Gasteiger partial charge in [0.1, 0.15) is 0 Å². The van der Waals surface area contributed by atoms with E-state index in [1.165, 1.54) is 0 Å². The van der Waals surface area contributed by atoms with Gasteiger partial charge in [-0.2, -0.15) is 0 Å².